The molecule has 4 nitrogen and oxygen atoms in total. The molecule has 2 aliphatic heterocycles. The first kappa shape index (κ1) is 24.9. The van der Waals surface area contributed by atoms with Crippen LogP contribution in [0.25, 0.3) is 0 Å². The van der Waals surface area contributed by atoms with Gasteiger partial charge in [-0.25, -0.2) is 0 Å². The van der Waals surface area contributed by atoms with E-state index in [2.05, 4.69) is 33.0 Å². The molecule has 2 heterocycles. The molecule has 0 radical (unpaired) electrons. The number of carbonyl (C=O) groups is 1. The van der Waals surface area contributed by atoms with Gasteiger partial charge in [-0.05, 0) is 71.5 Å². The molecular weight excluding hydrogens is 491 g/mol. The molecule has 2 aromatic carbocycles. The molecule has 186 valence electrons. The summed E-state index contributed by atoms with van der Waals surface area (Å²) in [4.78, 5) is 18.6. The Morgan fingerprint density at radius 1 is 0.917 bits per heavy atom. The number of Topliss-reactive ketones (excluding diaryl/α,β-unsaturated/α-hetero) is 1. The Hall–Kier alpha value is -2.82. The minimum absolute atomic E-state index is 0.0558. The zero-order valence-corrected chi connectivity index (χ0v) is 22.9. The molecule has 0 amide bonds. The number of aliphatic hydroxyl groups excluding tert-OH is 1. The zero-order chi connectivity index (χ0) is 26.2. The van der Waals surface area contributed by atoms with E-state index in [0.29, 0.717) is 34.0 Å². The Labute approximate surface area is 222 Å². The van der Waals surface area contributed by atoms with E-state index in [1.54, 1.807) is 0 Å². The van der Waals surface area contributed by atoms with Crippen molar-refractivity contribution in [3.63, 3.8) is 0 Å². The van der Waals surface area contributed by atoms with Gasteiger partial charge in [0.2, 0.25) is 5.78 Å². The van der Waals surface area contributed by atoms with Crippen LogP contribution in [0.3, 0.4) is 0 Å². The van der Waals surface area contributed by atoms with Crippen LogP contribution in [0.15, 0.2) is 75.1 Å². The minimum atomic E-state index is -0.434. The molecule has 0 atom stereocenters. The van der Waals surface area contributed by atoms with E-state index in [1.807, 2.05) is 50.2 Å². The second-order valence-electron chi connectivity index (χ2n) is 10.7. The molecule has 0 saturated heterocycles. The van der Waals surface area contributed by atoms with Crippen LogP contribution < -0.4 is 5.32 Å². The van der Waals surface area contributed by atoms with Gasteiger partial charge in [-0.3, -0.25) is 9.79 Å². The number of allylic oxidation sites excluding steroid dienone is 5. The molecule has 0 saturated carbocycles. The molecule has 1 aliphatic carbocycles. The van der Waals surface area contributed by atoms with Crippen molar-refractivity contribution in [2.75, 3.05) is 5.32 Å². The summed E-state index contributed by atoms with van der Waals surface area (Å²) >= 11 is 12.6. The number of rotatable bonds is 4. The van der Waals surface area contributed by atoms with E-state index >= 15 is 0 Å². The number of hydrogen-bond donors (Lipinski definition) is 2. The number of benzene rings is 2. The van der Waals surface area contributed by atoms with Gasteiger partial charge in [-0.2, -0.15) is 0 Å². The summed E-state index contributed by atoms with van der Waals surface area (Å²) in [6.07, 6.45) is 1.18. The van der Waals surface area contributed by atoms with Gasteiger partial charge in [0.25, 0.3) is 0 Å². The van der Waals surface area contributed by atoms with Gasteiger partial charge >= 0.3 is 0 Å². The molecule has 0 aromatic heterocycles. The average Bonchev–Trinajstić information content (AvgIpc) is 3.24. The summed E-state index contributed by atoms with van der Waals surface area (Å²) in [5.41, 5.74) is 7.23. The first-order chi connectivity index (χ1) is 16.9. The lowest BCUT2D eigenvalue weighted by Gasteiger charge is -2.32. The summed E-state index contributed by atoms with van der Waals surface area (Å²) in [5.74, 6) is -0.0759. The number of nitrogens with zero attached hydrogens (tertiary/aromatic N) is 1. The molecule has 0 unspecified atom stereocenters. The van der Waals surface area contributed by atoms with Gasteiger partial charge in [0, 0.05) is 32.3 Å². The standard InChI is InChI=1S/C30H30Cl2N2O2/c1-7-17(27-29(3,4)19-13-15(31)9-11-21(19)33-27)23-25(35)24(26(23)36)18(8-2)28-30(5,6)20-14-16(32)10-12-22(20)34-28/h9-14,33,35H,7-8H2,1-6H3/b24-18-,27-17+. The maximum absolute atomic E-state index is 13.7. The number of nitrogens with one attached hydrogen (secondary N) is 1. The van der Waals surface area contributed by atoms with Crippen LogP contribution >= 0.6 is 23.2 Å². The van der Waals surface area contributed by atoms with Crippen molar-refractivity contribution in [2.45, 2.75) is 65.2 Å². The largest absolute Gasteiger partial charge is 0.506 e. The number of aliphatic imine (C=N–C) groups is 1. The maximum atomic E-state index is 13.7. The zero-order valence-electron chi connectivity index (χ0n) is 21.4. The number of hydrogen-bond acceptors (Lipinski definition) is 4. The van der Waals surface area contributed by atoms with Gasteiger partial charge in [-0.15, -0.1) is 0 Å². The van der Waals surface area contributed by atoms with Crippen molar-refractivity contribution in [1.29, 1.82) is 0 Å². The number of aliphatic hydroxyl groups is 1. The van der Waals surface area contributed by atoms with Crippen LogP contribution in [0.1, 0.15) is 65.5 Å². The third-order valence-corrected chi connectivity index (χ3v) is 8.29. The number of fused-ring (bicyclic) bond motifs is 2. The minimum Gasteiger partial charge on any atom is -0.506 e. The molecule has 36 heavy (non-hydrogen) atoms. The first-order valence-electron chi connectivity index (χ1n) is 12.4. The van der Waals surface area contributed by atoms with Crippen molar-refractivity contribution in [3.05, 3.63) is 91.3 Å². The van der Waals surface area contributed by atoms with E-state index in [1.165, 1.54) is 0 Å². The highest BCUT2D eigenvalue weighted by Gasteiger charge is 2.46. The lowest BCUT2D eigenvalue weighted by molar-refractivity contribution is -0.113. The molecule has 2 aromatic rings. The number of ketones is 1. The SMILES string of the molecule is CC/C(C1=Nc2ccc(Cl)cc2C1(C)C)=C1/C(=O)C(C(/CC)=C2/Nc3ccc(Cl)cc3C2(C)C)=C1O. The Balaban J connectivity index is 1.63. The third-order valence-electron chi connectivity index (χ3n) is 7.82. The molecular formula is C30H30Cl2N2O2. The molecule has 0 bridgehead atoms. The smallest absolute Gasteiger partial charge is 0.201 e. The van der Waals surface area contributed by atoms with Gasteiger partial charge < -0.3 is 10.4 Å². The van der Waals surface area contributed by atoms with E-state index in [4.69, 9.17) is 28.2 Å². The second-order valence-corrected chi connectivity index (χ2v) is 11.5. The van der Waals surface area contributed by atoms with Crippen molar-refractivity contribution in [3.8, 4) is 0 Å². The van der Waals surface area contributed by atoms with Crippen LogP contribution in [-0.4, -0.2) is 16.6 Å². The predicted molar refractivity (Wildman–Crippen MR) is 149 cm³/mol. The summed E-state index contributed by atoms with van der Waals surface area (Å²) < 4.78 is 0. The average molecular weight is 521 g/mol. The molecule has 3 aliphatic rings. The highest BCUT2D eigenvalue weighted by molar-refractivity contribution is 6.31. The highest BCUT2D eigenvalue weighted by atomic mass is 35.5. The van der Waals surface area contributed by atoms with Crippen molar-refractivity contribution in [2.24, 2.45) is 4.99 Å². The van der Waals surface area contributed by atoms with Crippen LogP contribution in [0, 0.1) is 0 Å². The third kappa shape index (κ3) is 3.42. The maximum Gasteiger partial charge on any atom is 0.201 e. The van der Waals surface area contributed by atoms with E-state index in [-0.39, 0.29) is 17.0 Å². The normalized spacial score (nSPS) is 22.0. The Morgan fingerprint density at radius 3 is 2.14 bits per heavy atom. The molecule has 5 rings (SSSR count). The second kappa shape index (κ2) is 8.36. The number of halogens is 2. The van der Waals surface area contributed by atoms with Crippen LogP contribution in [0.2, 0.25) is 10.0 Å². The van der Waals surface area contributed by atoms with Crippen LogP contribution in [0.5, 0.6) is 0 Å². The van der Waals surface area contributed by atoms with Crippen LogP contribution in [0.4, 0.5) is 11.4 Å². The first-order valence-corrected chi connectivity index (χ1v) is 13.1. The van der Waals surface area contributed by atoms with E-state index in [0.717, 1.165) is 45.1 Å². The fourth-order valence-corrected chi connectivity index (χ4v) is 6.21. The van der Waals surface area contributed by atoms with E-state index in [9.17, 15) is 9.90 Å². The Morgan fingerprint density at radius 2 is 1.53 bits per heavy atom. The molecule has 2 N–H and O–H groups in total. The Bertz CT molecular complexity index is 1470. The van der Waals surface area contributed by atoms with Gasteiger partial charge in [-0.1, -0.05) is 64.7 Å². The number of carbonyl (C=O) groups excluding carboxylic acids is 1. The van der Waals surface area contributed by atoms with Crippen molar-refractivity contribution >= 4 is 46.1 Å². The monoisotopic (exact) mass is 520 g/mol. The van der Waals surface area contributed by atoms with E-state index < -0.39 is 5.41 Å². The molecule has 0 spiro atoms. The number of anilines is 1. The summed E-state index contributed by atoms with van der Waals surface area (Å²) in [5, 5.41) is 16.2. The summed E-state index contributed by atoms with van der Waals surface area (Å²) in [6.45, 7) is 12.4. The summed E-state index contributed by atoms with van der Waals surface area (Å²) in [7, 11) is 0. The van der Waals surface area contributed by atoms with Crippen LogP contribution in [-0.2, 0) is 15.6 Å². The highest BCUT2D eigenvalue weighted by Crippen LogP contribution is 2.50. The quantitative estimate of drug-likeness (QED) is 0.397. The van der Waals surface area contributed by atoms with Gasteiger partial charge in [0.15, 0.2) is 0 Å². The predicted octanol–water partition coefficient (Wildman–Crippen LogP) is 8.53. The molecule has 0 fully saturated rings. The summed E-state index contributed by atoms with van der Waals surface area (Å²) in [6, 6.07) is 11.4. The van der Waals surface area contributed by atoms with Crippen molar-refractivity contribution in [1.82, 2.24) is 0 Å². The van der Waals surface area contributed by atoms with Crippen molar-refractivity contribution < 1.29 is 9.90 Å². The fraction of sp³-hybridized carbons (Fsp3) is 0.333. The Kier molecular flexibility index (Phi) is 5.77. The topological polar surface area (TPSA) is 61.7 Å². The lowest BCUT2D eigenvalue weighted by Crippen LogP contribution is -2.33. The van der Waals surface area contributed by atoms with Gasteiger partial charge in [0.1, 0.15) is 5.76 Å². The van der Waals surface area contributed by atoms with Gasteiger partial charge in [0.05, 0.1) is 22.5 Å². The fourth-order valence-electron chi connectivity index (χ4n) is 5.86. The lowest BCUT2D eigenvalue weighted by atomic mass is 9.71. The molecule has 6 heteroatoms.